The Morgan fingerprint density at radius 1 is 1.44 bits per heavy atom. The van der Waals surface area contributed by atoms with E-state index >= 15 is 0 Å². The van der Waals surface area contributed by atoms with Gasteiger partial charge in [0.25, 0.3) is 0 Å². The second-order valence-corrected chi connectivity index (χ2v) is 3.32. The van der Waals surface area contributed by atoms with E-state index in [1.165, 1.54) is 11.0 Å². The van der Waals surface area contributed by atoms with E-state index in [2.05, 4.69) is 23.6 Å². The number of anilines is 1. The summed E-state index contributed by atoms with van der Waals surface area (Å²) < 4.78 is 5.64. The number of methoxy groups -OCH3 is 1. The highest BCUT2D eigenvalue weighted by Gasteiger charge is 1.96. The Kier molecular flexibility index (Phi) is 10.8. The topological polar surface area (TPSA) is 70.1 Å². The molecule has 1 heterocycles. The highest BCUT2D eigenvalue weighted by Crippen LogP contribution is 1.99. The lowest BCUT2D eigenvalue weighted by Crippen LogP contribution is -2.21. The van der Waals surface area contributed by atoms with Gasteiger partial charge in [-0.15, -0.1) is 0 Å². The molecule has 0 aliphatic heterocycles. The lowest BCUT2D eigenvalue weighted by atomic mass is 10.3. The van der Waals surface area contributed by atoms with Crippen molar-refractivity contribution < 1.29 is 4.74 Å². The third kappa shape index (κ3) is 7.99. The Hall–Kier alpha value is -1.36. The summed E-state index contributed by atoms with van der Waals surface area (Å²) in [5.74, 6) is 0.308. The number of hydrogen-bond donors (Lipinski definition) is 1. The van der Waals surface area contributed by atoms with Gasteiger partial charge in [0.2, 0.25) is 0 Å². The van der Waals surface area contributed by atoms with Crippen LogP contribution < -0.4 is 11.4 Å². The van der Waals surface area contributed by atoms with Gasteiger partial charge in [-0.25, -0.2) is 4.79 Å². The van der Waals surface area contributed by atoms with Crippen LogP contribution in [0.2, 0.25) is 0 Å². The maximum Gasteiger partial charge on any atom is 0.349 e. The van der Waals surface area contributed by atoms with E-state index in [4.69, 9.17) is 5.73 Å². The first-order chi connectivity index (χ1) is 7.44. The molecule has 0 aliphatic rings. The summed E-state index contributed by atoms with van der Waals surface area (Å²) in [5, 5.41) is 0. The average molecular weight is 229 g/mol. The van der Waals surface area contributed by atoms with Crippen LogP contribution in [-0.4, -0.2) is 23.8 Å². The molecule has 0 unspecified atom stereocenters. The fourth-order valence-electron chi connectivity index (χ4n) is 0.682. The first-order valence-electron chi connectivity index (χ1n) is 5.14. The van der Waals surface area contributed by atoms with E-state index in [0.29, 0.717) is 5.82 Å². The van der Waals surface area contributed by atoms with Crippen LogP contribution in [0.5, 0.6) is 0 Å². The van der Waals surface area contributed by atoms with Gasteiger partial charge in [0.15, 0.2) is 0 Å². The summed E-state index contributed by atoms with van der Waals surface area (Å²) in [6.07, 6.45) is 2.91. The molecular formula is C11H23N3O2. The van der Waals surface area contributed by atoms with Crippen LogP contribution in [0.1, 0.15) is 25.8 Å². The van der Waals surface area contributed by atoms with Crippen LogP contribution in [0.25, 0.3) is 0 Å². The minimum atomic E-state index is -0.317. The van der Waals surface area contributed by atoms with E-state index in [1.807, 2.05) is 6.92 Å². The Morgan fingerprint density at radius 3 is 2.12 bits per heavy atom. The zero-order valence-corrected chi connectivity index (χ0v) is 11.1. The van der Waals surface area contributed by atoms with Crippen molar-refractivity contribution in [3.05, 3.63) is 22.2 Å². The fraction of sp³-hybridized carbons (Fsp3) is 0.636. The molecule has 0 atom stereocenters. The van der Waals surface area contributed by atoms with Crippen LogP contribution in [0, 0.1) is 6.92 Å². The van der Waals surface area contributed by atoms with Crippen molar-refractivity contribution in [1.82, 2.24) is 9.55 Å². The normalized spacial score (nSPS) is 8.38. The lowest BCUT2D eigenvalue weighted by Gasteiger charge is -1.99. The number of rotatable bonds is 0. The number of aryl methyl sites for hydroxylation is 2. The first kappa shape index (κ1) is 17.0. The molecule has 5 heteroatoms. The highest BCUT2D eigenvalue weighted by molar-refractivity contribution is 5.34. The quantitative estimate of drug-likeness (QED) is 0.729. The molecule has 0 amide bonds. The smallest absolute Gasteiger partial charge is 0.349 e. The van der Waals surface area contributed by atoms with Crippen molar-refractivity contribution in [2.75, 3.05) is 20.0 Å². The van der Waals surface area contributed by atoms with Crippen LogP contribution in [-0.2, 0) is 11.8 Å². The molecule has 0 bridgehead atoms. The zero-order valence-electron chi connectivity index (χ0n) is 11.1. The standard InChI is InChI=1S/C6H9N3O.C3H8.C2H6O/c1-4-3-9(2)6(10)8-5(4)7;2*1-3-2/h3H,1-2H3,(H2,7,8,10);3H2,1-2H3;1-2H3. The van der Waals surface area contributed by atoms with Gasteiger partial charge >= 0.3 is 5.69 Å². The summed E-state index contributed by atoms with van der Waals surface area (Å²) in [6, 6.07) is 0. The molecule has 1 aromatic heterocycles. The molecule has 16 heavy (non-hydrogen) atoms. The minimum Gasteiger partial charge on any atom is -0.388 e. The van der Waals surface area contributed by atoms with E-state index in [1.54, 1.807) is 27.5 Å². The molecule has 0 saturated heterocycles. The zero-order chi connectivity index (χ0) is 13.1. The molecule has 0 radical (unpaired) electrons. The van der Waals surface area contributed by atoms with Crippen LogP contribution in [0.4, 0.5) is 5.82 Å². The summed E-state index contributed by atoms with van der Waals surface area (Å²) in [7, 11) is 4.89. The van der Waals surface area contributed by atoms with Crippen molar-refractivity contribution in [3.8, 4) is 0 Å². The maximum atomic E-state index is 10.8. The van der Waals surface area contributed by atoms with Gasteiger partial charge in [-0.2, -0.15) is 4.98 Å². The number of aromatic nitrogens is 2. The highest BCUT2D eigenvalue weighted by atomic mass is 16.4. The summed E-state index contributed by atoms with van der Waals surface area (Å²) in [5.41, 5.74) is 5.87. The van der Waals surface area contributed by atoms with E-state index < -0.39 is 0 Å². The van der Waals surface area contributed by atoms with Crippen molar-refractivity contribution in [2.24, 2.45) is 7.05 Å². The molecule has 5 nitrogen and oxygen atoms in total. The van der Waals surface area contributed by atoms with Gasteiger partial charge in [-0.1, -0.05) is 20.3 Å². The monoisotopic (exact) mass is 229 g/mol. The SMILES string of the molecule is CCC.COC.Cc1cn(C)c(=O)nc1N. The van der Waals surface area contributed by atoms with Crippen LogP contribution >= 0.6 is 0 Å². The second kappa shape index (κ2) is 10.2. The number of ether oxygens (including phenoxy) is 1. The molecule has 1 aromatic rings. The summed E-state index contributed by atoms with van der Waals surface area (Å²) in [6.45, 7) is 6.06. The van der Waals surface area contributed by atoms with Gasteiger partial charge in [0, 0.05) is 33.0 Å². The van der Waals surface area contributed by atoms with Gasteiger partial charge in [-0.3, -0.25) is 0 Å². The summed E-state index contributed by atoms with van der Waals surface area (Å²) >= 11 is 0. The second-order valence-electron chi connectivity index (χ2n) is 3.32. The molecule has 1 rings (SSSR count). The van der Waals surface area contributed by atoms with E-state index in [-0.39, 0.29) is 5.69 Å². The third-order valence-electron chi connectivity index (χ3n) is 1.31. The van der Waals surface area contributed by atoms with E-state index in [0.717, 1.165) is 5.56 Å². The molecule has 0 aromatic carbocycles. The van der Waals surface area contributed by atoms with Crippen LogP contribution in [0.3, 0.4) is 0 Å². The van der Waals surface area contributed by atoms with Gasteiger partial charge in [0.1, 0.15) is 5.82 Å². The number of nitrogens with zero attached hydrogens (tertiary/aromatic N) is 2. The first-order valence-corrected chi connectivity index (χ1v) is 5.14. The van der Waals surface area contributed by atoms with Crippen molar-refractivity contribution in [2.45, 2.75) is 27.2 Å². The number of nitrogens with two attached hydrogens (primary N) is 1. The average Bonchev–Trinajstić information content (AvgIpc) is 2.17. The predicted molar refractivity (Wildman–Crippen MR) is 67.5 cm³/mol. The molecule has 94 valence electrons. The largest absolute Gasteiger partial charge is 0.388 e. The molecule has 2 N–H and O–H groups in total. The Bertz CT molecular complexity index is 332. The van der Waals surface area contributed by atoms with Gasteiger partial charge < -0.3 is 15.0 Å². The third-order valence-corrected chi connectivity index (χ3v) is 1.31. The lowest BCUT2D eigenvalue weighted by molar-refractivity contribution is 0.277. The number of hydrogen-bond acceptors (Lipinski definition) is 4. The molecule has 0 aliphatic carbocycles. The summed E-state index contributed by atoms with van der Waals surface area (Å²) in [4.78, 5) is 14.3. The molecular weight excluding hydrogens is 206 g/mol. The van der Waals surface area contributed by atoms with Crippen molar-refractivity contribution >= 4 is 5.82 Å². The van der Waals surface area contributed by atoms with Crippen molar-refractivity contribution in [1.29, 1.82) is 0 Å². The molecule has 0 saturated carbocycles. The van der Waals surface area contributed by atoms with Gasteiger partial charge in [0.05, 0.1) is 0 Å². The minimum absolute atomic E-state index is 0.308. The Labute approximate surface area is 97.3 Å². The predicted octanol–water partition coefficient (Wildman–Crippen LogP) is 1.35. The number of nitrogen functional groups attached to an aromatic ring is 1. The molecule has 0 fully saturated rings. The van der Waals surface area contributed by atoms with Crippen molar-refractivity contribution in [3.63, 3.8) is 0 Å². The van der Waals surface area contributed by atoms with E-state index in [9.17, 15) is 4.79 Å². The Morgan fingerprint density at radius 2 is 1.81 bits per heavy atom. The van der Waals surface area contributed by atoms with Crippen LogP contribution in [0.15, 0.2) is 11.0 Å². The maximum absolute atomic E-state index is 10.8. The Balaban J connectivity index is 0. The van der Waals surface area contributed by atoms with Gasteiger partial charge in [-0.05, 0) is 6.92 Å². The molecule has 0 spiro atoms. The fourth-order valence-corrected chi connectivity index (χ4v) is 0.682.